The first-order valence-electron chi connectivity index (χ1n) is 13.3. The van der Waals surface area contributed by atoms with Crippen LogP contribution in [0.5, 0.6) is 0 Å². The fourth-order valence-corrected chi connectivity index (χ4v) is 7.47. The van der Waals surface area contributed by atoms with Gasteiger partial charge in [0.1, 0.15) is 47.9 Å². The molecule has 2 aliphatic rings. The van der Waals surface area contributed by atoms with Gasteiger partial charge in [0.2, 0.25) is 0 Å². The highest BCUT2D eigenvalue weighted by Gasteiger charge is 2.51. The highest BCUT2D eigenvalue weighted by Crippen LogP contribution is 2.61. The minimum absolute atomic E-state index is 0.00286. The summed E-state index contributed by atoms with van der Waals surface area (Å²) in [6.45, 7) is -2.03. The molecule has 2 aliphatic heterocycles. The van der Waals surface area contributed by atoms with Crippen molar-refractivity contribution in [2.75, 3.05) is 18.9 Å². The van der Waals surface area contributed by atoms with Crippen molar-refractivity contribution in [3.8, 4) is 0 Å². The first-order chi connectivity index (χ1) is 22.4. The number of nitrogen functional groups attached to an aromatic ring is 1. The summed E-state index contributed by atoms with van der Waals surface area (Å²) in [6, 6.07) is 2.79. The number of imidazole rings is 1. The number of nitrogens with zero attached hydrogens (tertiary/aromatic N) is 5. The zero-order valence-corrected chi connectivity index (χ0v) is 26.6. The van der Waals surface area contributed by atoms with E-state index in [1.165, 1.54) is 29.1 Å². The van der Waals surface area contributed by atoms with E-state index in [1.54, 1.807) is 0 Å². The molecule has 0 bridgehead atoms. The molecule has 5 heterocycles. The first kappa shape index (κ1) is 36.4. The second-order valence-electron chi connectivity index (χ2n) is 10.3. The molecule has 0 saturated carbocycles. The first-order valence-corrected chi connectivity index (χ1v) is 17.9. The quantitative estimate of drug-likeness (QED) is 0.0626. The van der Waals surface area contributed by atoms with Crippen molar-refractivity contribution in [3.05, 3.63) is 42.7 Å². The zero-order chi connectivity index (χ0) is 35.2. The van der Waals surface area contributed by atoms with Gasteiger partial charge in [0.15, 0.2) is 36.2 Å². The van der Waals surface area contributed by atoms with E-state index in [4.69, 9.17) is 30.0 Å². The molecule has 2 saturated heterocycles. The van der Waals surface area contributed by atoms with Crippen LogP contribution in [0.1, 0.15) is 22.8 Å². The van der Waals surface area contributed by atoms with E-state index in [0.717, 1.165) is 17.2 Å². The largest absolute Gasteiger partial charge is 0.481 e. The van der Waals surface area contributed by atoms with Crippen LogP contribution >= 0.6 is 23.5 Å². The molecular weight excluding hydrogens is 715 g/mol. The number of rotatable bonds is 13. The van der Waals surface area contributed by atoms with Crippen molar-refractivity contribution in [2.45, 2.75) is 49.1 Å². The van der Waals surface area contributed by atoms with Crippen LogP contribution in [0.4, 0.5) is 5.82 Å². The van der Waals surface area contributed by atoms with Gasteiger partial charge in [0.25, 0.3) is 12.1 Å². The number of hydrogen-bond acceptors (Lipinski definition) is 17. The second-order valence-corrected chi connectivity index (χ2v) is 14.5. The fraction of sp³-hybridized carbons (Fsp3) is 0.476. The molecule has 11 N–H and O–H groups in total. The van der Waals surface area contributed by atoms with Crippen molar-refractivity contribution >= 4 is 46.4 Å². The lowest BCUT2D eigenvalue weighted by molar-refractivity contribution is -0.765. The molecule has 3 aromatic rings. The molecule has 1 amide bonds. The Morgan fingerprint density at radius 3 is 2.23 bits per heavy atom. The number of amides is 1. The Morgan fingerprint density at radius 1 is 0.958 bits per heavy atom. The van der Waals surface area contributed by atoms with Gasteiger partial charge in [0, 0.05) is 6.07 Å². The van der Waals surface area contributed by atoms with E-state index < -0.39 is 91.7 Å². The predicted octanol–water partition coefficient (Wildman–Crippen LogP) is -2.90. The maximum Gasteiger partial charge on any atom is 0.481 e. The number of hydrogen-bond donors (Lipinski definition) is 9. The van der Waals surface area contributed by atoms with Gasteiger partial charge in [-0.1, -0.05) is 0 Å². The zero-order valence-electron chi connectivity index (χ0n) is 23.9. The van der Waals surface area contributed by atoms with E-state index >= 15 is 0 Å². The van der Waals surface area contributed by atoms with E-state index in [1.807, 2.05) is 0 Å². The van der Waals surface area contributed by atoms with Gasteiger partial charge in [-0.15, -0.1) is 0 Å². The summed E-state index contributed by atoms with van der Waals surface area (Å²) in [4.78, 5) is 62.2. The lowest BCUT2D eigenvalue weighted by Crippen LogP contribution is -2.46. The molecule has 5 rings (SSSR count). The summed E-state index contributed by atoms with van der Waals surface area (Å²) in [5.41, 5.74) is 11.1. The number of ether oxygens (including phenoxy) is 2. The molecule has 48 heavy (non-hydrogen) atoms. The molecule has 0 spiro atoms. The fourth-order valence-electron chi connectivity index (χ4n) is 4.83. The average Bonchev–Trinajstić information content (AvgIpc) is 3.64. The monoisotopic (exact) mass is 744 g/mol. The van der Waals surface area contributed by atoms with Crippen LogP contribution in [0.2, 0.25) is 0 Å². The number of nitrogens with two attached hydrogens (primary N) is 2. The lowest BCUT2D eigenvalue weighted by atomic mass is 10.1. The Balaban J connectivity index is 1.21. The van der Waals surface area contributed by atoms with Gasteiger partial charge in [-0.25, -0.2) is 28.6 Å². The van der Waals surface area contributed by atoms with Gasteiger partial charge < -0.3 is 55.8 Å². The van der Waals surface area contributed by atoms with Crippen molar-refractivity contribution in [2.24, 2.45) is 5.73 Å². The number of fused-ring (bicyclic) bond motifs is 1. The number of anilines is 1. The smallest absolute Gasteiger partial charge is 0.387 e. The van der Waals surface area contributed by atoms with Gasteiger partial charge in [-0.05, 0) is 6.07 Å². The number of primary amides is 1. The third-order valence-electron chi connectivity index (χ3n) is 6.98. The van der Waals surface area contributed by atoms with Gasteiger partial charge in [-0.2, -0.15) is 8.88 Å². The van der Waals surface area contributed by atoms with E-state index in [2.05, 4.69) is 23.8 Å². The number of pyridine rings is 1. The SMILES string of the molecule is NC(=O)c1ccc[n+]([C@H]2O[C@@H](COP(=O)(O)OP(=O)(O)OC[C@@H]3O[C@H](n4cnc5c(N)ncnc54)[C@@H](OP(=O)(O)O)[C@H]3O)[C@H](O)[C@@H]2O)c1. The Kier molecular flexibility index (Phi) is 10.5. The van der Waals surface area contributed by atoms with Crippen molar-refractivity contribution in [3.63, 3.8) is 0 Å². The number of phosphoric ester groups is 3. The summed E-state index contributed by atoms with van der Waals surface area (Å²) in [6.07, 6.45) is -8.39. The Bertz CT molecular complexity index is 1810. The Hall–Kier alpha value is -2.86. The third-order valence-corrected chi connectivity index (χ3v) is 10.1. The summed E-state index contributed by atoms with van der Waals surface area (Å²) in [5, 5.41) is 31.5. The summed E-state index contributed by atoms with van der Waals surface area (Å²) >= 11 is 0. The molecule has 27 heteroatoms. The van der Waals surface area contributed by atoms with E-state index in [9.17, 15) is 53.4 Å². The molecule has 0 radical (unpaired) electrons. The molecule has 2 unspecified atom stereocenters. The molecule has 10 atom stereocenters. The van der Waals surface area contributed by atoms with Gasteiger partial charge in [-0.3, -0.25) is 22.9 Å². The topological polar surface area (TPSA) is 365 Å². The highest BCUT2D eigenvalue weighted by atomic mass is 31.3. The number of aliphatic hydroxyl groups excluding tert-OH is 3. The Labute approximate surface area is 267 Å². The number of aromatic nitrogens is 5. The normalized spacial score (nSPS) is 30.3. The predicted molar refractivity (Wildman–Crippen MR) is 150 cm³/mol. The van der Waals surface area contributed by atoms with E-state index in [0.29, 0.717) is 0 Å². The lowest BCUT2D eigenvalue weighted by Gasteiger charge is -2.22. The molecule has 0 aromatic carbocycles. The van der Waals surface area contributed by atoms with Gasteiger partial charge >= 0.3 is 23.5 Å². The summed E-state index contributed by atoms with van der Waals surface area (Å²) in [7, 11) is -16.3. The minimum Gasteiger partial charge on any atom is -0.387 e. The molecule has 0 aliphatic carbocycles. The molecule has 24 nitrogen and oxygen atoms in total. The highest BCUT2D eigenvalue weighted by molar-refractivity contribution is 7.61. The van der Waals surface area contributed by atoms with Crippen molar-refractivity contribution in [1.29, 1.82) is 0 Å². The molecular formula is C21H29N7O17P3+. The van der Waals surface area contributed by atoms with Crippen LogP contribution < -0.4 is 16.0 Å². The molecule has 3 aromatic heterocycles. The standard InChI is InChI=1S/C21H28N7O17P3/c22-17-12-19(25-7-24-17)28(8-26-12)21-16(44-46(33,34)35)14(30)11(43-21)6-41-48(38,39)45-47(36,37)40-5-10-13(29)15(31)20(42-10)27-3-1-2-9(4-27)18(23)32/h1-4,7-8,10-11,13-16,20-21,29-31H,5-6H2,(H7-,22,23,24,25,32,33,34,35,36,37,38,39)/p+1/t10-,11-,13-,14-,15-,16-,20-,21-/m0/s1. The third kappa shape index (κ3) is 8.12. The second kappa shape index (κ2) is 13.8. The van der Waals surface area contributed by atoms with Crippen LogP contribution in [0.25, 0.3) is 11.2 Å². The van der Waals surface area contributed by atoms with Crippen LogP contribution in [0, 0.1) is 0 Å². The van der Waals surface area contributed by atoms with Crippen LogP contribution in [0.15, 0.2) is 37.2 Å². The van der Waals surface area contributed by atoms with Crippen LogP contribution in [-0.2, 0) is 41.1 Å². The summed E-state index contributed by atoms with van der Waals surface area (Å²) in [5.74, 6) is -0.848. The molecule has 2 fully saturated rings. The van der Waals surface area contributed by atoms with E-state index in [-0.39, 0.29) is 22.5 Å². The molecule has 264 valence electrons. The Morgan fingerprint density at radius 2 is 1.60 bits per heavy atom. The number of phosphoric acid groups is 3. The average molecular weight is 744 g/mol. The minimum atomic E-state index is -5.52. The van der Waals surface area contributed by atoms with Crippen molar-refractivity contribution in [1.82, 2.24) is 19.5 Å². The number of aliphatic hydroxyl groups is 3. The maximum atomic E-state index is 12.6. The van der Waals surface area contributed by atoms with Crippen LogP contribution in [-0.4, -0.2) is 110 Å². The number of carbonyl (C=O) groups is 1. The van der Waals surface area contributed by atoms with Gasteiger partial charge in [0.05, 0.1) is 19.5 Å². The number of carbonyl (C=O) groups excluding carboxylic acids is 1. The van der Waals surface area contributed by atoms with Crippen molar-refractivity contribution < 1.29 is 85.3 Å². The summed E-state index contributed by atoms with van der Waals surface area (Å²) < 4.78 is 68.4. The maximum absolute atomic E-state index is 12.6. The van der Waals surface area contributed by atoms with Crippen LogP contribution in [0.3, 0.4) is 0 Å².